The van der Waals surface area contributed by atoms with Crippen molar-refractivity contribution < 1.29 is 14.7 Å². The summed E-state index contributed by atoms with van der Waals surface area (Å²) in [6.07, 6.45) is 0.374. The molecule has 0 bridgehead atoms. The molecule has 8 heteroatoms. The SMILES string of the molecule is CC(C)C[C@H](NC(=O)Cc1csc(-c2c(Cl)cccc2Cl)n1)C(=O)O. The van der Waals surface area contributed by atoms with Crippen molar-refractivity contribution in [2.75, 3.05) is 0 Å². The molecule has 0 radical (unpaired) electrons. The van der Waals surface area contributed by atoms with Gasteiger partial charge in [-0.1, -0.05) is 43.1 Å². The highest BCUT2D eigenvalue weighted by Gasteiger charge is 2.22. The van der Waals surface area contributed by atoms with Crippen molar-refractivity contribution in [1.82, 2.24) is 10.3 Å². The van der Waals surface area contributed by atoms with Gasteiger partial charge >= 0.3 is 5.97 Å². The third kappa shape index (κ3) is 5.42. The average Bonchev–Trinajstić information content (AvgIpc) is 2.93. The Morgan fingerprint density at radius 3 is 2.48 bits per heavy atom. The second-order valence-corrected chi connectivity index (χ2v) is 7.68. The van der Waals surface area contributed by atoms with Gasteiger partial charge in [-0.2, -0.15) is 0 Å². The Balaban J connectivity index is 2.08. The number of nitrogens with zero attached hydrogens (tertiary/aromatic N) is 1. The fourth-order valence-corrected chi connectivity index (χ4v) is 3.89. The number of amides is 1. The van der Waals surface area contributed by atoms with Crippen LogP contribution in [0.2, 0.25) is 10.0 Å². The number of aliphatic carboxylic acids is 1. The van der Waals surface area contributed by atoms with E-state index in [1.54, 1.807) is 23.6 Å². The number of thiazole rings is 1. The molecule has 1 aromatic carbocycles. The van der Waals surface area contributed by atoms with Gasteiger partial charge in [0.2, 0.25) is 5.91 Å². The lowest BCUT2D eigenvalue weighted by atomic mass is 10.0. The lowest BCUT2D eigenvalue weighted by molar-refractivity contribution is -0.142. The van der Waals surface area contributed by atoms with Crippen molar-refractivity contribution in [3.8, 4) is 10.6 Å². The number of aromatic nitrogens is 1. The molecule has 0 saturated carbocycles. The van der Waals surface area contributed by atoms with Crippen molar-refractivity contribution in [1.29, 1.82) is 0 Å². The van der Waals surface area contributed by atoms with Gasteiger partial charge in [0.15, 0.2) is 0 Å². The van der Waals surface area contributed by atoms with Gasteiger partial charge in [0.25, 0.3) is 0 Å². The van der Waals surface area contributed by atoms with Gasteiger partial charge < -0.3 is 10.4 Å². The van der Waals surface area contributed by atoms with Gasteiger partial charge in [0.1, 0.15) is 11.0 Å². The van der Waals surface area contributed by atoms with Crippen LogP contribution in [-0.4, -0.2) is 28.0 Å². The van der Waals surface area contributed by atoms with Gasteiger partial charge in [-0.15, -0.1) is 11.3 Å². The van der Waals surface area contributed by atoms with Crippen molar-refractivity contribution in [2.24, 2.45) is 5.92 Å². The van der Waals surface area contributed by atoms with Crippen LogP contribution in [0.25, 0.3) is 10.6 Å². The molecule has 0 saturated heterocycles. The summed E-state index contributed by atoms with van der Waals surface area (Å²) in [6, 6.07) is 4.29. The topological polar surface area (TPSA) is 79.3 Å². The number of carboxylic acid groups (broad SMARTS) is 1. The lowest BCUT2D eigenvalue weighted by Crippen LogP contribution is -2.42. The van der Waals surface area contributed by atoms with Crippen LogP contribution in [0.3, 0.4) is 0 Å². The molecule has 0 unspecified atom stereocenters. The van der Waals surface area contributed by atoms with Crippen molar-refractivity contribution in [2.45, 2.75) is 32.7 Å². The molecule has 25 heavy (non-hydrogen) atoms. The summed E-state index contributed by atoms with van der Waals surface area (Å²) in [5, 5.41) is 15.1. The molecule has 5 nitrogen and oxygen atoms in total. The monoisotopic (exact) mass is 400 g/mol. The zero-order valence-electron chi connectivity index (χ0n) is 13.8. The maximum atomic E-state index is 12.1. The molecule has 0 fully saturated rings. The van der Waals surface area contributed by atoms with Crippen LogP contribution in [0.1, 0.15) is 26.0 Å². The predicted molar refractivity (Wildman–Crippen MR) is 100 cm³/mol. The fourth-order valence-electron chi connectivity index (χ4n) is 2.31. The number of halogens is 2. The fraction of sp³-hybridized carbons (Fsp3) is 0.353. The predicted octanol–water partition coefficient (Wildman–Crippen LogP) is 4.27. The number of carbonyl (C=O) groups excluding carboxylic acids is 1. The van der Waals surface area contributed by atoms with E-state index in [1.165, 1.54) is 11.3 Å². The summed E-state index contributed by atoms with van der Waals surface area (Å²) in [4.78, 5) is 27.8. The van der Waals surface area contributed by atoms with Crippen molar-refractivity contribution >= 4 is 46.4 Å². The Morgan fingerprint density at radius 1 is 1.28 bits per heavy atom. The maximum Gasteiger partial charge on any atom is 0.326 e. The molecule has 2 N–H and O–H groups in total. The highest BCUT2D eigenvalue weighted by atomic mass is 35.5. The summed E-state index contributed by atoms with van der Waals surface area (Å²) < 4.78 is 0. The zero-order valence-corrected chi connectivity index (χ0v) is 16.1. The van der Waals surface area contributed by atoms with E-state index in [4.69, 9.17) is 23.2 Å². The van der Waals surface area contributed by atoms with E-state index in [2.05, 4.69) is 10.3 Å². The van der Waals surface area contributed by atoms with E-state index >= 15 is 0 Å². The third-order valence-corrected chi connectivity index (χ3v) is 4.95. The van der Waals surface area contributed by atoms with Crippen LogP contribution in [-0.2, 0) is 16.0 Å². The molecule has 1 atom stereocenters. The zero-order chi connectivity index (χ0) is 18.6. The third-order valence-electron chi connectivity index (χ3n) is 3.41. The van der Waals surface area contributed by atoms with Gasteiger partial charge in [0, 0.05) is 10.9 Å². The molecular formula is C17H18Cl2N2O3S. The number of benzene rings is 1. The van der Waals surface area contributed by atoms with Gasteiger partial charge in [-0.3, -0.25) is 4.79 Å². The lowest BCUT2D eigenvalue weighted by Gasteiger charge is -2.16. The number of nitrogens with one attached hydrogen (secondary N) is 1. The van der Waals surface area contributed by atoms with Crippen molar-refractivity contribution in [3.05, 3.63) is 39.3 Å². The molecule has 0 aliphatic rings. The van der Waals surface area contributed by atoms with Crippen LogP contribution >= 0.6 is 34.5 Å². The van der Waals surface area contributed by atoms with Crippen LogP contribution in [0.4, 0.5) is 0 Å². The van der Waals surface area contributed by atoms with E-state index in [1.807, 2.05) is 13.8 Å². The summed E-state index contributed by atoms with van der Waals surface area (Å²) in [7, 11) is 0. The Bertz CT molecular complexity index is 757. The first kappa shape index (κ1) is 19.7. The number of hydrogen-bond donors (Lipinski definition) is 2. The molecule has 0 aliphatic heterocycles. The first-order chi connectivity index (χ1) is 11.8. The number of hydrogen-bond acceptors (Lipinski definition) is 4. The second-order valence-electron chi connectivity index (χ2n) is 6.01. The molecule has 2 aromatic rings. The van der Waals surface area contributed by atoms with Gasteiger partial charge in [-0.25, -0.2) is 9.78 Å². The van der Waals surface area contributed by atoms with Gasteiger partial charge in [-0.05, 0) is 24.5 Å². The van der Waals surface area contributed by atoms with Crippen LogP contribution in [0.15, 0.2) is 23.6 Å². The van der Waals surface area contributed by atoms with E-state index in [-0.39, 0.29) is 18.2 Å². The standard InChI is InChI=1S/C17H18Cl2N2O3S/c1-9(2)6-13(17(23)24)21-14(22)7-10-8-25-16(20-10)15-11(18)4-3-5-12(15)19/h3-5,8-9,13H,6-7H2,1-2H3,(H,21,22)(H,23,24)/t13-/m0/s1. The maximum absolute atomic E-state index is 12.1. The highest BCUT2D eigenvalue weighted by Crippen LogP contribution is 2.36. The average molecular weight is 401 g/mol. The minimum absolute atomic E-state index is 0.000443. The molecule has 1 aromatic heterocycles. The van der Waals surface area contributed by atoms with E-state index < -0.39 is 12.0 Å². The Labute approximate surface area is 160 Å². The molecule has 0 aliphatic carbocycles. The quantitative estimate of drug-likeness (QED) is 0.726. The summed E-state index contributed by atoms with van der Waals surface area (Å²) in [5.74, 6) is -1.26. The number of carboxylic acids is 1. The first-order valence-corrected chi connectivity index (χ1v) is 9.32. The molecule has 2 rings (SSSR count). The molecule has 1 amide bonds. The van der Waals surface area contributed by atoms with Crippen molar-refractivity contribution in [3.63, 3.8) is 0 Å². The minimum Gasteiger partial charge on any atom is -0.480 e. The molecule has 0 spiro atoms. The van der Waals surface area contributed by atoms with Gasteiger partial charge in [0.05, 0.1) is 22.2 Å². The largest absolute Gasteiger partial charge is 0.480 e. The number of rotatable bonds is 7. The highest BCUT2D eigenvalue weighted by molar-refractivity contribution is 7.13. The van der Waals surface area contributed by atoms with Crippen LogP contribution < -0.4 is 5.32 Å². The van der Waals surface area contributed by atoms with Crippen LogP contribution in [0.5, 0.6) is 0 Å². The number of carbonyl (C=O) groups is 2. The van der Waals surface area contributed by atoms with E-state index in [0.717, 1.165) is 0 Å². The van der Waals surface area contributed by atoms with E-state index in [9.17, 15) is 14.7 Å². The first-order valence-electron chi connectivity index (χ1n) is 7.69. The minimum atomic E-state index is -1.04. The summed E-state index contributed by atoms with van der Waals surface area (Å²) in [6.45, 7) is 3.81. The summed E-state index contributed by atoms with van der Waals surface area (Å²) >= 11 is 13.7. The molecular weight excluding hydrogens is 383 g/mol. The molecule has 1 heterocycles. The second kappa shape index (κ2) is 8.65. The Kier molecular flexibility index (Phi) is 6.81. The normalized spacial score (nSPS) is 12.2. The summed E-state index contributed by atoms with van der Waals surface area (Å²) in [5.41, 5.74) is 1.17. The molecule has 134 valence electrons. The Morgan fingerprint density at radius 2 is 1.92 bits per heavy atom. The van der Waals surface area contributed by atoms with Crippen LogP contribution in [0, 0.1) is 5.92 Å². The Hall–Kier alpha value is -1.63. The van der Waals surface area contributed by atoms with E-state index in [0.29, 0.717) is 32.7 Å². The smallest absolute Gasteiger partial charge is 0.326 e.